The summed E-state index contributed by atoms with van der Waals surface area (Å²) in [5.41, 5.74) is 1.52. The smallest absolute Gasteiger partial charge is 0.0476 e. The van der Waals surface area contributed by atoms with Gasteiger partial charge in [-0.25, -0.2) is 0 Å². The SMILES string of the molecule is c1ccc(C2CN3CCCC3CN2CC2CCCS2)cc1. The second kappa shape index (κ2) is 6.31. The molecule has 0 N–H and O–H groups in total. The van der Waals surface area contributed by atoms with Gasteiger partial charge in [-0.1, -0.05) is 30.3 Å². The molecule has 0 aliphatic carbocycles. The fraction of sp³-hybridized carbons (Fsp3) is 0.667. The van der Waals surface area contributed by atoms with Gasteiger partial charge in [0.2, 0.25) is 0 Å². The van der Waals surface area contributed by atoms with E-state index in [0.717, 1.165) is 11.3 Å². The lowest BCUT2D eigenvalue weighted by atomic mass is 9.99. The van der Waals surface area contributed by atoms with Crippen LogP contribution in [0.2, 0.25) is 0 Å². The minimum absolute atomic E-state index is 0.613. The van der Waals surface area contributed by atoms with Crippen LogP contribution in [0.4, 0.5) is 0 Å². The van der Waals surface area contributed by atoms with Crippen LogP contribution in [-0.2, 0) is 0 Å². The molecule has 3 aliphatic heterocycles. The quantitative estimate of drug-likeness (QED) is 0.845. The average Bonchev–Trinajstić information content (AvgIpc) is 3.18. The lowest BCUT2D eigenvalue weighted by molar-refractivity contribution is 0.0508. The summed E-state index contributed by atoms with van der Waals surface area (Å²) in [5, 5.41) is 0.879. The fourth-order valence-electron chi connectivity index (χ4n) is 4.32. The average molecular weight is 302 g/mol. The van der Waals surface area contributed by atoms with E-state index in [0.29, 0.717) is 6.04 Å². The summed E-state index contributed by atoms with van der Waals surface area (Å²) in [6, 6.07) is 12.6. The zero-order valence-electron chi connectivity index (χ0n) is 12.8. The molecular weight excluding hydrogens is 276 g/mol. The first kappa shape index (κ1) is 14.1. The van der Waals surface area contributed by atoms with E-state index in [4.69, 9.17) is 0 Å². The number of nitrogens with zero attached hydrogens (tertiary/aromatic N) is 2. The molecule has 0 amide bonds. The third-order valence-electron chi connectivity index (χ3n) is 5.44. The van der Waals surface area contributed by atoms with Gasteiger partial charge in [0.1, 0.15) is 0 Å². The minimum Gasteiger partial charge on any atom is -0.297 e. The van der Waals surface area contributed by atoms with Crippen molar-refractivity contribution < 1.29 is 0 Å². The monoisotopic (exact) mass is 302 g/mol. The van der Waals surface area contributed by atoms with E-state index in [1.807, 2.05) is 0 Å². The molecule has 0 radical (unpaired) electrons. The normalized spacial score (nSPS) is 34.2. The Labute approximate surface area is 132 Å². The Kier molecular flexibility index (Phi) is 4.24. The summed E-state index contributed by atoms with van der Waals surface area (Å²) in [7, 11) is 0. The molecule has 3 heterocycles. The predicted octanol–water partition coefficient (Wildman–Crippen LogP) is 3.40. The molecule has 114 valence electrons. The Hall–Kier alpha value is -0.510. The van der Waals surface area contributed by atoms with Crippen molar-refractivity contribution in [3.8, 4) is 0 Å². The molecule has 0 bridgehead atoms. The maximum Gasteiger partial charge on any atom is 0.0476 e. The first-order chi connectivity index (χ1) is 10.4. The number of rotatable bonds is 3. The molecule has 0 spiro atoms. The van der Waals surface area contributed by atoms with Gasteiger partial charge in [-0.3, -0.25) is 9.80 Å². The van der Waals surface area contributed by atoms with Crippen molar-refractivity contribution in [1.82, 2.24) is 9.80 Å². The molecule has 3 fully saturated rings. The van der Waals surface area contributed by atoms with Crippen LogP contribution in [0.15, 0.2) is 30.3 Å². The van der Waals surface area contributed by atoms with Crippen molar-refractivity contribution in [3.63, 3.8) is 0 Å². The van der Waals surface area contributed by atoms with E-state index in [2.05, 4.69) is 51.9 Å². The Balaban J connectivity index is 1.54. The fourth-order valence-corrected chi connectivity index (χ4v) is 5.62. The second-order valence-corrected chi connectivity index (χ2v) is 8.21. The summed E-state index contributed by atoms with van der Waals surface area (Å²) in [6.45, 7) is 5.15. The summed E-state index contributed by atoms with van der Waals surface area (Å²) in [6.07, 6.45) is 5.67. The number of hydrogen-bond donors (Lipinski definition) is 0. The van der Waals surface area contributed by atoms with E-state index in [1.165, 1.54) is 63.2 Å². The van der Waals surface area contributed by atoms with E-state index >= 15 is 0 Å². The molecule has 2 nitrogen and oxygen atoms in total. The molecule has 3 aliphatic rings. The first-order valence-electron chi connectivity index (χ1n) is 8.55. The van der Waals surface area contributed by atoms with Gasteiger partial charge in [-0.05, 0) is 43.5 Å². The Morgan fingerprint density at radius 2 is 1.95 bits per heavy atom. The van der Waals surface area contributed by atoms with E-state index in [9.17, 15) is 0 Å². The molecule has 3 atom stereocenters. The summed E-state index contributed by atoms with van der Waals surface area (Å²) in [4.78, 5) is 5.56. The summed E-state index contributed by atoms with van der Waals surface area (Å²) in [5.74, 6) is 1.38. The molecule has 0 saturated carbocycles. The van der Waals surface area contributed by atoms with Crippen LogP contribution < -0.4 is 0 Å². The zero-order valence-corrected chi connectivity index (χ0v) is 13.6. The maximum atomic E-state index is 2.81. The molecule has 3 saturated heterocycles. The molecule has 4 rings (SSSR count). The molecule has 0 aromatic heterocycles. The lowest BCUT2D eigenvalue weighted by Gasteiger charge is -2.44. The van der Waals surface area contributed by atoms with Crippen LogP contribution in [0.25, 0.3) is 0 Å². The topological polar surface area (TPSA) is 6.48 Å². The number of piperazine rings is 1. The Bertz CT molecular complexity index is 456. The van der Waals surface area contributed by atoms with Crippen molar-refractivity contribution in [2.75, 3.05) is 31.9 Å². The van der Waals surface area contributed by atoms with Crippen molar-refractivity contribution in [2.24, 2.45) is 0 Å². The number of benzene rings is 1. The van der Waals surface area contributed by atoms with Crippen molar-refractivity contribution in [3.05, 3.63) is 35.9 Å². The predicted molar refractivity (Wildman–Crippen MR) is 90.8 cm³/mol. The van der Waals surface area contributed by atoms with Crippen LogP contribution in [0, 0.1) is 0 Å². The van der Waals surface area contributed by atoms with Gasteiger partial charge in [0, 0.05) is 37.0 Å². The number of fused-ring (bicyclic) bond motifs is 1. The minimum atomic E-state index is 0.613. The van der Waals surface area contributed by atoms with Crippen molar-refractivity contribution in [1.29, 1.82) is 0 Å². The number of hydrogen-bond acceptors (Lipinski definition) is 3. The summed E-state index contributed by atoms with van der Waals surface area (Å²) >= 11 is 2.20. The highest BCUT2D eigenvalue weighted by molar-refractivity contribution is 8.00. The molecular formula is C18H26N2S. The van der Waals surface area contributed by atoms with Gasteiger partial charge in [-0.2, -0.15) is 11.8 Å². The molecule has 21 heavy (non-hydrogen) atoms. The van der Waals surface area contributed by atoms with Crippen molar-refractivity contribution in [2.45, 2.75) is 43.0 Å². The van der Waals surface area contributed by atoms with Gasteiger partial charge in [0.05, 0.1) is 0 Å². The van der Waals surface area contributed by atoms with E-state index in [1.54, 1.807) is 0 Å². The summed E-state index contributed by atoms with van der Waals surface area (Å²) < 4.78 is 0. The highest BCUT2D eigenvalue weighted by Gasteiger charge is 2.37. The highest BCUT2D eigenvalue weighted by Crippen LogP contribution is 2.35. The maximum absolute atomic E-state index is 2.81. The highest BCUT2D eigenvalue weighted by atomic mass is 32.2. The van der Waals surface area contributed by atoms with Gasteiger partial charge < -0.3 is 0 Å². The third kappa shape index (κ3) is 3.01. The molecule has 1 aromatic rings. The third-order valence-corrected chi connectivity index (χ3v) is 6.82. The van der Waals surface area contributed by atoms with Crippen LogP contribution >= 0.6 is 11.8 Å². The standard InChI is InChI=1S/C18H26N2S/c1-2-6-15(7-3-1)18-14-19-10-4-8-16(19)12-20(18)13-17-9-5-11-21-17/h1-3,6-7,16-18H,4-5,8-14H2. The number of thioether (sulfide) groups is 1. The van der Waals surface area contributed by atoms with Crippen LogP contribution in [0.1, 0.15) is 37.3 Å². The zero-order chi connectivity index (χ0) is 14.1. The second-order valence-electron chi connectivity index (χ2n) is 6.81. The molecule has 3 unspecified atom stereocenters. The van der Waals surface area contributed by atoms with E-state index in [-0.39, 0.29) is 0 Å². The van der Waals surface area contributed by atoms with Crippen LogP contribution in [0.5, 0.6) is 0 Å². The van der Waals surface area contributed by atoms with E-state index < -0.39 is 0 Å². The van der Waals surface area contributed by atoms with Crippen LogP contribution in [0.3, 0.4) is 0 Å². The van der Waals surface area contributed by atoms with Crippen molar-refractivity contribution >= 4 is 11.8 Å². The molecule has 1 aromatic carbocycles. The Morgan fingerprint density at radius 1 is 1.05 bits per heavy atom. The molecule has 3 heteroatoms. The van der Waals surface area contributed by atoms with Crippen LogP contribution in [-0.4, -0.2) is 53.0 Å². The van der Waals surface area contributed by atoms with Gasteiger partial charge in [0.15, 0.2) is 0 Å². The van der Waals surface area contributed by atoms with Gasteiger partial charge >= 0.3 is 0 Å². The first-order valence-corrected chi connectivity index (χ1v) is 9.60. The Morgan fingerprint density at radius 3 is 2.76 bits per heavy atom. The van der Waals surface area contributed by atoms with Gasteiger partial charge in [-0.15, -0.1) is 0 Å². The van der Waals surface area contributed by atoms with Gasteiger partial charge in [0.25, 0.3) is 0 Å². The largest absolute Gasteiger partial charge is 0.297 e. The lowest BCUT2D eigenvalue weighted by Crippen LogP contribution is -2.53.